The van der Waals surface area contributed by atoms with Crippen molar-refractivity contribution in [1.82, 2.24) is 4.57 Å². The lowest BCUT2D eigenvalue weighted by Gasteiger charge is -2.22. The Hall–Kier alpha value is -5.10. The molecule has 5 rings (SSSR count). The first-order valence-electron chi connectivity index (χ1n) is 14.5. The summed E-state index contributed by atoms with van der Waals surface area (Å²) in [6.07, 6.45) is 4.14. The molecule has 0 bridgehead atoms. The van der Waals surface area contributed by atoms with Crippen LogP contribution in [0, 0.1) is 13.8 Å². The molecule has 0 saturated carbocycles. The van der Waals surface area contributed by atoms with Gasteiger partial charge in [-0.3, -0.25) is 9.59 Å². The van der Waals surface area contributed by atoms with E-state index in [-0.39, 0.29) is 25.0 Å². The predicted molar refractivity (Wildman–Crippen MR) is 173 cm³/mol. The van der Waals surface area contributed by atoms with E-state index < -0.39 is 5.97 Å². The number of carboxylic acid groups (broad SMARTS) is 1. The van der Waals surface area contributed by atoms with Gasteiger partial charge in [-0.05, 0) is 79.8 Å². The molecular weight excluding hydrogens is 536 g/mol. The first-order chi connectivity index (χ1) is 20.8. The van der Waals surface area contributed by atoms with Gasteiger partial charge >= 0.3 is 5.97 Å². The molecule has 43 heavy (non-hydrogen) atoms. The summed E-state index contributed by atoms with van der Waals surface area (Å²) in [6.45, 7) is 6.38. The van der Waals surface area contributed by atoms with Crippen molar-refractivity contribution in [3.63, 3.8) is 0 Å². The van der Waals surface area contributed by atoms with Crippen molar-refractivity contribution in [3.05, 3.63) is 137 Å². The van der Waals surface area contributed by atoms with Crippen LogP contribution in [0.2, 0.25) is 0 Å². The maximum absolute atomic E-state index is 13.0. The third-order valence-corrected chi connectivity index (χ3v) is 7.53. The Morgan fingerprint density at radius 3 is 2.19 bits per heavy atom. The van der Waals surface area contributed by atoms with Crippen LogP contribution in [-0.2, 0) is 9.59 Å². The van der Waals surface area contributed by atoms with Crippen LogP contribution in [-0.4, -0.2) is 28.2 Å². The minimum atomic E-state index is -0.863. The minimum Gasteiger partial charge on any atom is -0.491 e. The summed E-state index contributed by atoms with van der Waals surface area (Å²) in [6, 6.07) is 33.0. The number of aromatic nitrogens is 1. The molecule has 0 aliphatic carbocycles. The highest BCUT2D eigenvalue weighted by Gasteiger charge is 2.18. The molecule has 0 fully saturated rings. The number of hydrogen-bond acceptors (Lipinski definition) is 3. The van der Waals surface area contributed by atoms with Gasteiger partial charge in [0.1, 0.15) is 5.75 Å². The van der Waals surface area contributed by atoms with Gasteiger partial charge < -0.3 is 19.7 Å². The monoisotopic (exact) mass is 572 g/mol. The van der Waals surface area contributed by atoms with Crippen molar-refractivity contribution in [2.75, 3.05) is 11.9 Å². The average Bonchev–Trinajstić information content (AvgIpc) is 3.41. The Balaban J connectivity index is 1.37. The first-order valence-corrected chi connectivity index (χ1v) is 14.5. The SMILES string of the molecule is CC(=CC(=O)Nc1ccccc1OCCCC(=O)O)c1ccc2c(ccn2C(c2ccc(C)cc2)c2ccc(C)cc2)c1. The smallest absolute Gasteiger partial charge is 0.303 e. The van der Waals surface area contributed by atoms with Gasteiger partial charge in [-0.15, -0.1) is 0 Å². The number of fused-ring (bicyclic) bond motifs is 1. The summed E-state index contributed by atoms with van der Waals surface area (Å²) < 4.78 is 8.04. The molecular formula is C37H36N2O4. The topological polar surface area (TPSA) is 80.6 Å². The molecule has 1 amide bonds. The Morgan fingerprint density at radius 1 is 0.884 bits per heavy atom. The Bertz CT molecular complexity index is 1720. The Kier molecular flexibility index (Phi) is 9.06. The zero-order valence-electron chi connectivity index (χ0n) is 24.7. The summed E-state index contributed by atoms with van der Waals surface area (Å²) >= 11 is 0. The van der Waals surface area contributed by atoms with Crippen molar-refractivity contribution in [2.45, 2.75) is 39.7 Å². The fraction of sp³-hybridized carbons (Fsp3) is 0.189. The number of ether oxygens (including phenoxy) is 1. The number of benzene rings is 4. The van der Waals surface area contributed by atoms with Crippen LogP contribution in [0.4, 0.5) is 5.69 Å². The molecule has 6 nitrogen and oxygen atoms in total. The van der Waals surface area contributed by atoms with Gasteiger partial charge in [0.15, 0.2) is 0 Å². The molecule has 218 valence electrons. The molecule has 0 radical (unpaired) electrons. The normalized spacial score (nSPS) is 11.6. The third-order valence-electron chi connectivity index (χ3n) is 7.53. The number of hydrogen-bond donors (Lipinski definition) is 2. The van der Waals surface area contributed by atoms with Crippen LogP contribution in [0.5, 0.6) is 5.75 Å². The van der Waals surface area contributed by atoms with Crippen LogP contribution in [0.25, 0.3) is 16.5 Å². The van der Waals surface area contributed by atoms with E-state index in [1.54, 1.807) is 18.2 Å². The second-order valence-electron chi connectivity index (χ2n) is 10.9. The standard InChI is InChI=1S/C37H36N2O4/c1-25-10-14-28(15-11-25)37(29-16-12-26(2)13-17-29)39-21-20-31-24-30(18-19-33(31)39)27(3)23-35(40)38-32-7-4-5-8-34(32)43-22-6-9-36(41)42/h4-5,7-8,10-21,23-24,37H,6,9,22H2,1-3H3,(H,38,40)(H,41,42). The van der Waals surface area contributed by atoms with Crippen molar-refractivity contribution >= 4 is 34.0 Å². The molecule has 0 aliphatic heterocycles. The maximum Gasteiger partial charge on any atom is 0.303 e. The molecule has 1 heterocycles. The van der Waals surface area contributed by atoms with E-state index in [9.17, 15) is 9.59 Å². The number of amides is 1. The lowest BCUT2D eigenvalue weighted by atomic mass is 9.96. The van der Waals surface area contributed by atoms with Gasteiger partial charge in [-0.1, -0.05) is 77.9 Å². The van der Waals surface area contributed by atoms with E-state index in [1.807, 2.05) is 19.1 Å². The van der Waals surface area contributed by atoms with Crippen LogP contribution < -0.4 is 10.1 Å². The van der Waals surface area contributed by atoms with Crippen molar-refractivity contribution < 1.29 is 19.4 Å². The number of allylic oxidation sites excluding steroid dienone is 1. The largest absolute Gasteiger partial charge is 0.491 e. The fourth-order valence-corrected chi connectivity index (χ4v) is 5.20. The summed E-state index contributed by atoms with van der Waals surface area (Å²) in [7, 11) is 0. The highest BCUT2D eigenvalue weighted by Crippen LogP contribution is 2.33. The van der Waals surface area contributed by atoms with Crippen molar-refractivity contribution in [1.29, 1.82) is 0 Å². The molecule has 0 atom stereocenters. The number of anilines is 1. The number of rotatable bonds is 11. The molecule has 1 aromatic heterocycles. The van der Waals surface area contributed by atoms with E-state index in [0.717, 1.165) is 22.0 Å². The molecule has 2 N–H and O–H groups in total. The van der Waals surface area contributed by atoms with E-state index >= 15 is 0 Å². The number of carbonyl (C=O) groups excluding carboxylic acids is 1. The maximum atomic E-state index is 13.0. The van der Waals surface area contributed by atoms with Gasteiger partial charge in [-0.25, -0.2) is 0 Å². The van der Waals surface area contributed by atoms with Crippen LogP contribution >= 0.6 is 0 Å². The van der Waals surface area contributed by atoms with E-state index in [4.69, 9.17) is 9.84 Å². The Labute approximate surface area is 252 Å². The second kappa shape index (κ2) is 13.3. The van der Waals surface area contributed by atoms with E-state index in [1.165, 1.54) is 22.3 Å². The van der Waals surface area contributed by atoms with Gasteiger partial charge in [0.25, 0.3) is 0 Å². The number of aryl methyl sites for hydroxylation is 2. The van der Waals surface area contributed by atoms with Gasteiger partial charge in [-0.2, -0.15) is 0 Å². The minimum absolute atomic E-state index is 0.0263. The molecule has 6 heteroatoms. The fourth-order valence-electron chi connectivity index (χ4n) is 5.20. The molecule has 4 aromatic carbocycles. The van der Waals surface area contributed by atoms with Crippen LogP contribution in [0.1, 0.15) is 53.6 Å². The van der Waals surface area contributed by atoms with Gasteiger partial charge in [0.2, 0.25) is 5.91 Å². The number of aliphatic carboxylic acids is 1. The molecule has 0 spiro atoms. The summed E-state index contributed by atoms with van der Waals surface area (Å²) in [4.78, 5) is 23.7. The highest BCUT2D eigenvalue weighted by molar-refractivity contribution is 6.05. The van der Waals surface area contributed by atoms with Crippen molar-refractivity contribution in [2.24, 2.45) is 0 Å². The zero-order valence-corrected chi connectivity index (χ0v) is 24.7. The highest BCUT2D eigenvalue weighted by atomic mass is 16.5. The second-order valence-corrected chi connectivity index (χ2v) is 10.9. The molecule has 5 aromatic rings. The predicted octanol–water partition coefficient (Wildman–Crippen LogP) is 8.18. The number of nitrogens with zero attached hydrogens (tertiary/aromatic N) is 1. The number of carbonyl (C=O) groups is 2. The lowest BCUT2D eigenvalue weighted by Crippen LogP contribution is -2.11. The molecule has 0 unspecified atom stereocenters. The number of carboxylic acids is 1. The van der Waals surface area contributed by atoms with Crippen LogP contribution in [0.3, 0.4) is 0 Å². The Morgan fingerprint density at radius 2 is 1.53 bits per heavy atom. The quantitative estimate of drug-likeness (QED) is 0.124. The van der Waals surface area contributed by atoms with Gasteiger partial charge in [0.05, 0.1) is 18.3 Å². The van der Waals surface area contributed by atoms with E-state index in [2.05, 4.69) is 103 Å². The average molecular weight is 573 g/mol. The van der Waals surface area contributed by atoms with Crippen molar-refractivity contribution in [3.8, 4) is 5.75 Å². The van der Waals surface area contributed by atoms with E-state index in [0.29, 0.717) is 17.9 Å². The zero-order chi connectivity index (χ0) is 30.3. The molecule has 0 aliphatic rings. The first kappa shape index (κ1) is 29.4. The van der Waals surface area contributed by atoms with Gasteiger partial charge in [0, 0.05) is 29.6 Å². The third kappa shape index (κ3) is 7.22. The number of nitrogens with one attached hydrogen (secondary N) is 1. The lowest BCUT2D eigenvalue weighted by molar-refractivity contribution is -0.137. The summed E-state index contributed by atoms with van der Waals surface area (Å²) in [5, 5.41) is 12.8. The van der Waals surface area contributed by atoms with Crippen LogP contribution in [0.15, 0.2) is 109 Å². The summed E-state index contributed by atoms with van der Waals surface area (Å²) in [5.74, 6) is -0.625. The summed E-state index contributed by atoms with van der Waals surface area (Å²) in [5.41, 5.74) is 8.34. The molecule has 0 saturated heterocycles. The number of para-hydroxylation sites is 2.